The van der Waals surface area contributed by atoms with Crippen molar-refractivity contribution in [3.63, 3.8) is 0 Å². The molecule has 37 heavy (non-hydrogen) atoms. The van der Waals surface area contributed by atoms with Gasteiger partial charge in [0.25, 0.3) is 0 Å². The van der Waals surface area contributed by atoms with Crippen LogP contribution in [0.2, 0.25) is 10.0 Å². The maximum absolute atomic E-state index is 13.6. The van der Waals surface area contributed by atoms with Gasteiger partial charge in [-0.25, -0.2) is 0 Å². The zero-order chi connectivity index (χ0) is 26.5. The molecule has 0 radical (unpaired) electrons. The van der Waals surface area contributed by atoms with Crippen molar-refractivity contribution in [1.29, 1.82) is 0 Å². The van der Waals surface area contributed by atoms with Gasteiger partial charge in [-0.2, -0.15) is 0 Å². The van der Waals surface area contributed by atoms with Crippen LogP contribution in [0.1, 0.15) is 34.2 Å². The number of carbonyl (C=O) groups excluding carboxylic acids is 1. The summed E-state index contributed by atoms with van der Waals surface area (Å²) in [5, 5.41) is 0.966. The molecule has 0 fully saturated rings. The standard InChI is InChI=1S/C30H34Cl2N2O3/c1-19-15-26(31)29(27(32)16-19)37-14-13-36-25-10-7-22(8-11-25)17-24(18-33)30(35)34-12-4-5-23-9-6-20(2)21(3)28(23)34/h6-11,15-16,24H,4-5,12-14,17-18,33H2,1-3H3. The molecule has 7 heteroatoms. The van der Waals surface area contributed by atoms with E-state index in [0.29, 0.717) is 42.0 Å². The van der Waals surface area contributed by atoms with Crippen molar-refractivity contribution in [3.8, 4) is 11.5 Å². The predicted molar refractivity (Wildman–Crippen MR) is 151 cm³/mol. The van der Waals surface area contributed by atoms with Gasteiger partial charge in [-0.1, -0.05) is 47.5 Å². The smallest absolute Gasteiger partial charge is 0.231 e. The molecule has 3 aromatic carbocycles. The first-order chi connectivity index (χ1) is 17.8. The number of carbonyl (C=O) groups is 1. The summed E-state index contributed by atoms with van der Waals surface area (Å²) in [6.45, 7) is 7.81. The number of hydrogen-bond donors (Lipinski definition) is 1. The van der Waals surface area contributed by atoms with Crippen LogP contribution in [-0.2, 0) is 17.6 Å². The van der Waals surface area contributed by atoms with E-state index in [1.54, 1.807) is 0 Å². The van der Waals surface area contributed by atoms with Crippen LogP contribution >= 0.6 is 23.2 Å². The molecule has 0 bridgehead atoms. The fourth-order valence-corrected chi connectivity index (χ4v) is 5.53. The molecular weight excluding hydrogens is 507 g/mol. The van der Waals surface area contributed by atoms with Gasteiger partial charge in [0.15, 0.2) is 5.75 Å². The van der Waals surface area contributed by atoms with Gasteiger partial charge in [-0.05, 0) is 92.1 Å². The van der Waals surface area contributed by atoms with Crippen molar-refractivity contribution in [1.82, 2.24) is 0 Å². The average molecular weight is 542 g/mol. The number of anilines is 1. The minimum absolute atomic E-state index is 0.100. The zero-order valence-electron chi connectivity index (χ0n) is 21.7. The summed E-state index contributed by atoms with van der Waals surface area (Å²) in [5.74, 6) is 1.00. The number of rotatable bonds is 9. The van der Waals surface area contributed by atoms with Gasteiger partial charge in [0, 0.05) is 18.8 Å². The third-order valence-corrected chi connectivity index (χ3v) is 7.49. The van der Waals surface area contributed by atoms with Crippen molar-refractivity contribution in [2.75, 3.05) is 31.2 Å². The third kappa shape index (κ3) is 6.40. The van der Waals surface area contributed by atoms with Crippen LogP contribution in [0.15, 0.2) is 48.5 Å². The van der Waals surface area contributed by atoms with Crippen LogP contribution in [0, 0.1) is 26.7 Å². The lowest BCUT2D eigenvalue weighted by atomic mass is 9.92. The van der Waals surface area contributed by atoms with E-state index in [9.17, 15) is 4.79 Å². The number of halogens is 2. The third-order valence-electron chi connectivity index (χ3n) is 6.93. The van der Waals surface area contributed by atoms with Crippen molar-refractivity contribution < 1.29 is 14.3 Å². The maximum atomic E-state index is 13.6. The molecule has 0 aliphatic carbocycles. The Balaban J connectivity index is 1.34. The highest BCUT2D eigenvalue weighted by Gasteiger charge is 2.29. The lowest BCUT2D eigenvalue weighted by Gasteiger charge is -2.34. The molecule has 4 rings (SSSR count). The highest BCUT2D eigenvalue weighted by atomic mass is 35.5. The lowest BCUT2D eigenvalue weighted by Crippen LogP contribution is -2.43. The first-order valence-corrected chi connectivity index (χ1v) is 13.4. The molecule has 0 aromatic heterocycles. The Hall–Kier alpha value is -2.73. The summed E-state index contributed by atoms with van der Waals surface area (Å²) in [6, 6.07) is 15.7. The van der Waals surface area contributed by atoms with E-state index in [1.807, 2.05) is 48.2 Å². The number of fused-ring (bicyclic) bond motifs is 1. The normalized spacial score (nSPS) is 13.7. The monoisotopic (exact) mass is 540 g/mol. The first-order valence-electron chi connectivity index (χ1n) is 12.7. The fourth-order valence-electron chi connectivity index (χ4n) is 4.82. The second-order valence-electron chi connectivity index (χ2n) is 9.64. The Bertz CT molecular complexity index is 1240. The number of benzene rings is 3. The van der Waals surface area contributed by atoms with Gasteiger partial charge in [0.2, 0.25) is 5.91 Å². The molecule has 196 valence electrons. The Labute approximate surface area is 229 Å². The van der Waals surface area contributed by atoms with Crippen molar-refractivity contribution in [3.05, 3.63) is 86.4 Å². The minimum atomic E-state index is -0.282. The van der Waals surface area contributed by atoms with Crippen LogP contribution in [0.5, 0.6) is 11.5 Å². The summed E-state index contributed by atoms with van der Waals surface area (Å²) < 4.78 is 11.5. The molecule has 1 atom stereocenters. The number of hydrogen-bond acceptors (Lipinski definition) is 4. The van der Waals surface area contributed by atoms with Crippen LogP contribution in [-0.4, -0.2) is 32.2 Å². The van der Waals surface area contributed by atoms with E-state index in [2.05, 4.69) is 26.0 Å². The van der Waals surface area contributed by atoms with Crippen LogP contribution in [0.4, 0.5) is 5.69 Å². The number of nitrogens with zero attached hydrogens (tertiary/aromatic N) is 1. The van der Waals surface area contributed by atoms with E-state index in [1.165, 1.54) is 16.7 Å². The SMILES string of the molecule is Cc1cc(Cl)c(OCCOc2ccc(CC(CN)C(=O)N3CCCc4ccc(C)c(C)c43)cc2)c(Cl)c1. The van der Waals surface area contributed by atoms with Crippen molar-refractivity contribution in [2.24, 2.45) is 11.7 Å². The number of ether oxygens (including phenoxy) is 2. The van der Waals surface area contributed by atoms with Gasteiger partial charge in [0.1, 0.15) is 19.0 Å². The molecule has 1 heterocycles. The zero-order valence-corrected chi connectivity index (χ0v) is 23.2. The van der Waals surface area contributed by atoms with E-state index in [4.69, 9.17) is 38.4 Å². The van der Waals surface area contributed by atoms with Gasteiger partial charge in [0.05, 0.1) is 16.0 Å². The molecular formula is C30H34Cl2N2O3. The molecule has 2 N–H and O–H groups in total. The van der Waals surface area contributed by atoms with Gasteiger partial charge >= 0.3 is 0 Å². The largest absolute Gasteiger partial charge is 0.490 e. The summed E-state index contributed by atoms with van der Waals surface area (Å²) in [7, 11) is 0. The minimum Gasteiger partial charge on any atom is -0.490 e. The molecule has 0 spiro atoms. The number of amides is 1. The Morgan fingerprint density at radius 2 is 1.68 bits per heavy atom. The molecule has 5 nitrogen and oxygen atoms in total. The molecule has 1 aliphatic rings. The summed E-state index contributed by atoms with van der Waals surface area (Å²) in [6.07, 6.45) is 2.56. The second kappa shape index (κ2) is 12.2. The average Bonchev–Trinajstić information content (AvgIpc) is 2.88. The van der Waals surface area contributed by atoms with Crippen molar-refractivity contribution >= 4 is 34.8 Å². The molecule has 3 aromatic rings. The molecule has 1 unspecified atom stereocenters. The molecule has 0 saturated carbocycles. The van der Waals surface area contributed by atoms with Crippen LogP contribution < -0.4 is 20.1 Å². The van der Waals surface area contributed by atoms with Crippen LogP contribution in [0.25, 0.3) is 0 Å². The predicted octanol–water partition coefficient (Wildman–Crippen LogP) is 6.47. The topological polar surface area (TPSA) is 64.8 Å². The molecule has 0 saturated heterocycles. The molecule has 1 aliphatic heterocycles. The second-order valence-corrected chi connectivity index (χ2v) is 10.5. The van der Waals surface area contributed by atoms with Crippen molar-refractivity contribution in [2.45, 2.75) is 40.0 Å². The fraction of sp³-hybridized carbons (Fsp3) is 0.367. The summed E-state index contributed by atoms with van der Waals surface area (Å²) in [5.41, 5.74) is 12.8. The Morgan fingerprint density at radius 3 is 2.35 bits per heavy atom. The number of aryl methyl sites for hydroxylation is 3. The lowest BCUT2D eigenvalue weighted by molar-refractivity contribution is -0.122. The first kappa shape index (κ1) is 27.3. The van der Waals surface area contributed by atoms with E-state index in [0.717, 1.165) is 42.0 Å². The van der Waals surface area contributed by atoms with E-state index < -0.39 is 0 Å². The van der Waals surface area contributed by atoms with E-state index in [-0.39, 0.29) is 11.8 Å². The summed E-state index contributed by atoms with van der Waals surface area (Å²) in [4.78, 5) is 15.5. The highest BCUT2D eigenvalue weighted by molar-refractivity contribution is 6.37. The number of nitrogens with two attached hydrogens (primary N) is 1. The summed E-state index contributed by atoms with van der Waals surface area (Å²) >= 11 is 12.5. The quantitative estimate of drug-likeness (QED) is 0.315. The molecule has 1 amide bonds. The van der Waals surface area contributed by atoms with E-state index >= 15 is 0 Å². The Kier molecular flexibility index (Phi) is 9.01. The van der Waals surface area contributed by atoms with Gasteiger partial charge in [-0.3, -0.25) is 4.79 Å². The van der Waals surface area contributed by atoms with Gasteiger partial charge in [-0.15, -0.1) is 0 Å². The maximum Gasteiger partial charge on any atom is 0.231 e. The van der Waals surface area contributed by atoms with Gasteiger partial charge < -0.3 is 20.1 Å². The highest BCUT2D eigenvalue weighted by Crippen LogP contribution is 2.35. The van der Waals surface area contributed by atoms with Crippen LogP contribution in [0.3, 0.4) is 0 Å². The Morgan fingerprint density at radius 1 is 1.00 bits per heavy atom.